The number of rotatable bonds is 6. The third kappa shape index (κ3) is 4.60. The van der Waals surface area contributed by atoms with E-state index in [0.29, 0.717) is 27.7 Å². The predicted molar refractivity (Wildman–Crippen MR) is 103 cm³/mol. The summed E-state index contributed by atoms with van der Waals surface area (Å²) in [5, 5.41) is 7.90. The summed E-state index contributed by atoms with van der Waals surface area (Å²) >= 11 is 7.49. The number of carbonyl (C=O) groups excluding carboxylic acids is 2. The second-order valence-electron chi connectivity index (χ2n) is 6.36. The van der Waals surface area contributed by atoms with Gasteiger partial charge in [0.2, 0.25) is 0 Å². The summed E-state index contributed by atoms with van der Waals surface area (Å²) in [5.41, 5.74) is 6.10. The SMILES string of the molecule is CC(C)C(C)(CN)NC(=O)c1ccc(Cl)c(NC(=O)c2cccs2)c1. The van der Waals surface area contributed by atoms with E-state index in [9.17, 15) is 9.59 Å². The Morgan fingerprint density at radius 1 is 1.28 bits per heavy atom. The van der Waals surface area contributed by atoms with Gasteiger partial charge in [-0.15, -0.1) is 11.3 Å². The zero-order valence-corrected chi connectivity index (χ0v) is 16.0. The van der Waals surface area contributed by atoms with Gasteiger partial charge in [0.25, 0.3) is 11.8 Å². The molecule has 0 aliphatic carbocycles. The number of amides is 2. The molecule has 0 fully saturated rings. The second kappa shape index (κ2) is 7.99. The molecular formula is C18H22ClN3O2S. The van der Waals surface area contributed by atoms with Crippen molar-refractivity contribution in [1.82, 2.24) is 5.32 Å². The van der Waals surface area contributed by atoms with Crippen LogP contribution in [0.5, 0.6) is 0 Å². The molecule has 0 saturated heterocycles. The van der Waals surface area contributed by atoms with Gasteiger partial charge >= 0.3 is 0 Å². The molecule has 0 radical (unpaired) electrons. The van der Waals surface area contributed by atoms with E-state index in [0.717, 1.165) is 0 Å². The summed E-state index contributed by atoms with van der Waals surface area (Å²) in [6, 6.07) is 8.30. The minimum Gasteiger partial charge on any atom is -0.345 e. The topological polar surface area (TPSA) is 84.2 Å². The number of nitrogens with two attached hydrogens (primary N) is 1. The van der Waals surface area contributed by atoms with Crippen LogP contribution in [0.3, 0.4) is 0 Å². The molecule has 1 aromatic carbocycles. The van der Waals surface area contributed by atoms with Crippen LogP contribution >= 0.6 is 22.9 Å². The molecule has 4 N–H and O–H groups in total. The Morgan fingerprint density at radius 3 is 2.56 bits per heavy atom. The zero-order chi connectivity index (χ0) is 18.6. The normalized spacial score (nSPS) is 13.4. The third-order valence-corrected chi connectivity index (χ3v) is 5.52. The van der Waals surface area contributed by atoms with Gasteiger partial charge < -0.3 is 16.4 Å². The number of hydrogen-bond acceptors (Lipinski definition) is 4. The van der Waals surface area contributed by atoms with Crippen LogP contribution in [0.4, 0.5) is 5.69 Å². The lowest BCUT2D eigenvalue weighted by atomic mass is 9.88. The Hall–Kier alpha value is -1.89. The van der Waals surface area contributed by atoms with Gasteiger partial charge in [-0.05, 0) is 42.5 Å². The number of carbonyl (C=O) groups is 2. The highest BCUT2D eigenvalue weighted by atomic mass is 35.5. The molecule has 0 bridgehead atoms. The summed E-state index contributed by atoms with van der Waals surface area (Å²) in [4.78, 5) is 25.3. The van der Waals surface area contributed by atoms with Crippen molar-refractivity contribution in [3.8, 4) is 0 Å². The van der Waals surface area contributed by atoms with E-state index in [2.05, 4.69) is 10.6 Å². The van der Waals surface area contributed by atoms with Gasteiger partial charge in [-0.2, -0.15) is 0 Å². The van der Waals surface area contributed by atoms with Gasteiger partial charge in [-0.1, -0.05) is 31.5 Å². The molecule has 5 nitrogen and oxygen atoms in total. The standard InChI is InChI=1S/C18H22ClN3O2S/c1-11(2)18(3,10-20)22-16(23)12-6-7-13(19)14(9-12)21-17(24)15-5-4-8-25-15/h4-9,11H,10,20H2,1-3H3,(H,21,24)(H,22,23). The average Bonchev–Trinajstić information content (AvgIpc) is 3.11. The summed E-state index contributed by atoms with van der Waals surface area (Å²) in [7, 11) is 0. The zero-order valence-electron chi connectivity index (χ0n) is 14.4. The number of nitrogens with one attached hydrogen (secondary N) is 2. The molecule has 0 aliphatic rings. The van der Waals surface area contributed by atoms with E-state index in [1.807, 2.05) is 26.2 Å². The van der Waals surface area contributed by atoms with Crippen LogP contribution < -0.4 is 16.4 Å². The molecule has 0 aliphatic heterocycles. The van der Waals surface area contributed by atoms with Gasteiger partial charge in [-0.25, -0.2) is 0 Å². The van der Waals surface area contributed by atoms with Crippen molar-refractivity contribution in [2.75, 3.05) is 11.9 Å². The van der Waals surface area contributed by atoms with Crippen molar-refractivity contribution >= 4 is 40.4 Å². The van der Waals surface area contributed by atoms with E-state index in [4.69, 9.17) is 17.3 Å². The summed E-state index contributed by atoms with van der Waals surface area (Å²) in [6.45, 7) is 6.24. The minimum absolute atomic E-state index is 0.173. The fourth-order valence-electron chi connectivity index (χ4n) is 2.12. The maximum absolute atomic E-state index is 12.6. The largest absolute Gasteiger partial charge is 0.345 e. The van der Waals surface area contributed by atoms with Crippen LogP contribution in [-0.2, 0) is 0 Å². The molecule has 1 atom stereocenters. The molecule has 1 aromatic heterocycles. The van der Waals surface area contributed by atoms with E-state index < -0.39 is 5.54 Å². The number of hydrogen-bond donors (Lipinski definition) is 3. The van der Waals surface area contributed by atoms with Gasteiger partial charge in [0.15, 0.2) is 0 Å². The maximum Gasteiger partial charge on any atom is 0.265 e. The Kier molecular flexibility index (Phi) is 6.21. The van der Waals surface area contributed by atoms with Gasteiger partial charge in [0.05, 0.1) is 21.1 Å². The number of halogens is 1. The molecule has 1 heterocycles. The highest BCUT2D eigenvalue weighted by molar-refractivity contribution is 7.12. The van der Waals surface area contributed by atoms with E-state index >= 15 is 0 Å². The monoisotopic (exact) mass is 379 g/mol. The Morgan fingerprint density at radius 2 is 2.00 bits per heavy atom. The second-order valence-corrected chi connectivity index (χ2v) is 7.71. The molecule has 1 unspecified atom stereocenters. The van der Waals surface area contributed by atoms with Gasteiger partial charge in [0, 0.05) is 12.1 Å². The smallest absolute Gasteiger partial charge is 0.265 e. The number of benzene rings is 1. The Labute approximate surface area is 156 Å². The molecule has 134 valence electrons. The van der Waals surface area contributed by atoms with Crippen LogP contribution in [-0.4, -0.2) is 23.9 Å². The highest BCUT2D eigenvalue weighted by Crippen LogP contribution is 2.25. The van der Waals surface area contributed by atoms with E-state index in [1.54, 1.807) is 30.3 Å². The lowest BCUT2D eigenvalue weighted by molar-refractivity contribution is 0.0882. The van der Waals surface area contributed by atoms with Crippen LogP contribution in [0, 0.1) is 5.92 Å². The number of thiophene rings is 1. The molecule has 2 amide bonds. The summed E-state index contributed by atoms with van der Waals surface area (Å²) < 4.78 is 0. The van der Waals surface area contributed by atoms with Crippen LogP contribution in [0.25, 0.3) is 0 Å². The fourth-order valence-corrected chi connectivity index (χ4v) is 2.90. The van der Waals surface area contributed by atoms with Crippen molar-refractivity contribution in [1.29, 1.82) is 0 Å². The lowest BCUT2D eigenvalue weighted by Crippen LogP contribution is -2.55. The maximum atomic E-state index is 12.6. The van der Waals surface area contributed by atoms with Crippen LogP contribution in [0.1, 0.15) is 40.8 Å². The fraction of sp³-hybridized carbons (Fsp3) is 0.333. The first kappa shape index (κ1) is 19.4. The first-order chi connectivity index (χ1) is 11.8. The lowest BCUT2D eigenvalue weighted by Gasteiger charge is -2.33. The molecule has 2 rings (SSSR count). The molecular weight excluding hydrogens is 358 g/mol. The minimum atomic E-state index is -0.517. The predicted octanol–water partition coefficient (Wildman–Crippen LogP) is 3.76. The average molecular weight is 380 g/mol. The quantitative estimate of drug-likeness (QED) is 0.714. The summed E-state index contributed by atoms with van der Waals surface area (Å²) in [6.07, 6.45) is 0. The molecule has 7 heteroatoms. The first-order valence-corrected chi connectivity index (χ1v) is 9.19. The van der Waals surface area contributed by atoms with E-state index in [1.165, 1.54) is 11.3 Å². The van der Waals surface area contributed by atoms with Crippen molar-refractivity contribution in [3.05, 3.63) is 51.2 Å². The molecule has 0 saturated carbocycles. The molecule has 0 spiro atoms. The third-order valence-electron chi connectivity index (χ3n) is 4.32. The molecule has 25 heavy (non-hydrogen) atoms. The van der Waals surface area contributed by atoms with Gasteiger partial charge in [0.1, 0.15) is 0 Å². The number of anilines is 1. The van der Waals surface area contributed by atoms with Crippen molar-refractivity contribution < 1.29 is 9.59 Å². The van der Waals surface area contributed by atoms with E-state index in [-0.39, 0.29) is 17.7 Å². The van der Waals surface area contributed by atoms with Crippen molar-refractivity contribution in [2.45, 2.75) is 26.3 Å². The van der Waals surface area contributed by atoms with Crippen molar-refractivity contribution in [3.63, 3.8) is 0 Å². The van der Waals surface area contributed by atoms with Gasteiger partial charge in [-0.3, -0.25) is 9.59 Å². The summed E-state index contributed by atoms with van der Waals surface area (Å²) in [5.74, 6) is -0.347. The first-order valence-electron chi connectivity index (χ1n) is 7.94. The Bertz CT molecular complexity index is 762. The highest BCUT2D eigenvalue weighted by Gasteiger charge is 2.29. The van der Waals surface area contributed by atoms with Crippen LogP contribution in [0.2, 0.25) is 5.02 Å². The molecule has 2 aromatic rings. The Balaban J connectivity index is 2.20. The van der Waals surface area contributed by atoms with Crippen molar-refractivity contribution in [2.24, 2.45) is 11.7 Å². The van der Waals surface area contributed by atoms with Crippen LogP contribution in [0.15, 0.2) is 35.7 Å².